The molecule has 2 aliphatic heterocycles. The minimum atomic E-state index is -1.21. The number of aryl methyl sites for hydroxylation is 1. The number of hydrogen-bond acceptors (Lipinski definition) is 11. The van der Waals surface area contributed by atoms with Gasteiger partial charge in [0.2, 0.25) is 11.5 Å². The first-order chi connectivity index (χ1) is 15.8. The van der Waals surface area contributed by atoms with Crippen LogP contribution in [0.3, 0.4) is 0 Å². The van der Waals surface area contributed by atoms with Crippen LogP contribution in [-0.4, -0.2) is 67.0 Å². The molecular formula is C19H19N7O5S2. The standard InChI is InChI=1S/C19H19N7O5S2/c1-8-10(21-7-32-8)5-3-9-4-6-11-12(17(28)26(11)14(9)18(29)30)22-16(27)13(24-31-2)15-23-19(20)33-25-15/h3,5,7,11-12H,4,6H2,1-2H3,(H,22,27)(H,29,30)(H2,20,23,25)/t11?,12-/m0/s1. The Labute approximate surface area is 195 Å². The highest BCUT2D eigenvalue weighted by atomic mass is 32.1. The molecule has 4 rings (SSSR count). The highest BCUT2D eigenvalue weighted by Crippen LogP contribution is 2.37. The van der Waals surface area contributed by atoms with E-state index in [0.717, 1.165) is 22.1 Å². The van der Waals surface area contributed by atoms with E-state index in [1.807, 2.05) is 6.92 Å². The number of nitrogens with zero attached hydrogens (tertiary/aromatic N) is 5. The maximum Gasteiger partial charge on any atom is 0.352 e. The van der Waals surface area contributed by atoms with Crippen LogP contribution in [0, 0.1) is 6.92 Å². The zero-order chi connectivity index (χ0) is 23.7. The number of allylic oxidation sites excluding steroid dienone is 2. The summed E-state index contributed by atoms with van der Waals surface area (Å²) in [5.74, 6) is -2.49. The van der Waals surface area contributed by atoms with Gasteiger partial charge in [-0.05, 0) is 31.4 Å². The molecule has 4 N–H and O–H groups in total. The number of carboxylic acids is 1. The topological polar surface area (TPSA) is 173 Å². The van der Waals surface area contributed by atoms with Crippen LogP contribution in [0.4, 0.5) is 5.13 Å². The molecule has 0 bridgehead atoms. The lowest BCUT2D eigenvalue weighted by molar-refractivity contribution is -0.155. The summed E-state index contributed by atoms with van der Waals surface area (Å²) in [6.07, 6.45) is 4.32. The summed E-state index contributed by atoms with van der Waals surface area (Å²) in [4.78, 5) is 52.7. The van der Waals surface area contributed by atoms with Crippen molar-refractivity contribution in [3.05, 3.63) is 39.3 Å². The number of carbonyl (C=O) groups is 3. The Bertz CT molecular complexity index is 1210. The van der Waals surface area contributed by atoms with Gasteiger partial charge < -0.3 is 21.0 Å². The Balaban J connectivity index is 1.54. The van der Waals surface area contributed by atoms with Crippen molar-refractivity contribution in [3.63, 3.8) is 0 Å². The molecule has 2 aliphatic rings. The van der Waals surface area contributed by atoms with Gasteiger partial charge in [-0.1, -0.05) is 11.2 Å². The molecule has 0 radical (unpaired) electrons. The molecule has 1 saturated heterocycles. The van der Waals surface area contributed by atoms with Crippen LogP contribution in [0.15, 0.2) is 28.0 Å². The van der Waals surface area contributed by atoms with Gasteiger partial charge in [0, 0.05) is 16.4 Å². The Kier molecular flexibility index (Phi) is 6.20. The second-order valence-electron chi connectivity index (χ2n) is 7.15. The lowest BCUT2D eigenvalue weighted by Gasteiger charge is -2.50. The molecule has 14 heteroatoms. The van der Waals surface area contributed by atoms with Crippen molar-refractivity contribution in [2.24, 2.45) is 5.16 Å². The molecule has 1 fully saturated rings. The summed E-state index contributed by atoms with van der Waals surface area (Å²) in [5.41, 5.74) is 8.23. The Morgan fingerprint density at radius 3 is 2.82 bits per heavy atom. The number of hydrogen-bond donors (Lipinski definition) is 3. The van der Waals surface area contributed by atoms with Gasteiger partial charge in [0.25, 0.3) is 11.8 Å². The number of carboxylic acid groups (broad SMARTS) is 1. The predicted molar refractivity (Wildman–Crippen MR) is 120 cm³/mol. The summed E-state index contributed by atoms with van der Waals surface area (Å²) in [7, 11) is 1.26. The van der Waals surface area contributed by atoms with E-state index in [1.165, 1.54) is 23.3 Å². The number of fused-ring (bicyclic) bond motifs is 1. The largest absolute Gasteiger partial charge is 0.477 e. The molecular weight excluding hydrogens is 470 g/mol. The molecule has 0 aromatic carbocycles. The van der Waals surface area contributed by atoms with E-state index < -0.39 is 29.9 Å². The fourth-order valence-corrected chi connectivity index (χ4v) is 4.72. The summed E-state index contributed by atoms with van der Waals surface area (Å²) in [5, 5.41) is 16.2. The molecule has 0 aliphatic carbocycles. The molecule has 1 unspecified atom stereocenters. The third kappa shape index (κ3) is 4.21. The van der Waals surface area contributed by atoms with Gasteiger partial charge in [-0.15, -0.1) is 11.3 Å². The Hall–Kier alpha value is -3.65. The number of aliphatic carboxylic acids is 1. The van der Waals surface area contributed by atoms with Crippen molar-refractivity contribution >= 4 is 57.6 Å². The van der Waals surface area contributed by atoms with Gasteiger partial charge >= 0.3 is 5.97 Å². The number of rotatable bonds is 7. The number of carbonyl (C=O) groups excluding carboxylic acids is 2. The van der Waals surface area contributed by atoms with Crippen LogP contribution in [0.25, 0.3) is 6.08 Å². The van der Waals surface area contributed by atoms with Gasteiger partial charge in [-0.3, -0.25) is 14.5 Å². The number of oxime groups is 1. The number of nitrogens with one attached hydrogen (secondary N) is 1. The van der Waals surface area contributed by atoms with Crippen molar-refractivity contribution in [2.45, 2.75) is 31.8 Å². The molecule has 0 spiro atoms. The number of β-lactam (4-membered cyclic amide) rings is 1. The number of nitrogen functional groups attached to an aromatic ring is 1. The molecule has 2 atom stereocenters. The number of aromatic nitrogens is 3. The zero-order valence-corrected chi connectivity index (χ0v) is 19.1. The Morgan fingerprint density at radius 1 is 1.42 bits per heavy atom. The highest BCUT2D eigenvalue weighted by molar-refractivity contribution is 7.10. The minimum Gasteiger partial charge on any atom is -0.477 e. The lowest BCUT2D eigenvalue weighted by atomic mass is 9.83. The number of nitrogens with two attached hydrogens (primary N) is 1. The van der Waals surface area contributed by atoms with Gasteiger partial charge in [0.15, 0.2) is 5.13 Å². The third-order valence-electron chi connectivity index (χ3n) is 5.24. The zero-order valence-electron chi connectivity index (χ0n) is 17.5. The lowest BCUT2D eigenvalue weighted by Crippen LogP contribution is -2.72. The summed E-state index contributed by atoms with van der Waals surface area (Å²) >= 11 is 2.37. The quantitative estimate of drug-likeness (QED) is 0.288. The molecule has 2 amide bonds. The van der Waals surface area contributed by atoms with Crippen LogP contribution in [-0.2, 0) is 19.2 Å². The third-order valence-corrected chi connectivity index (χ3v) is 6.56. The van der Waals surface area contributed by atoms with Gasteiger partial charge in [0.1, 0.15) is 18.8 Å². The van der Waals surface area contributed by atoms with Crippen LogP contribution in [0.2, 0.25) is 0 Å². The molecule has 2 aromatic heterocycles. The van der Waals surface area contributed by atoms with Crippen molar-refractivity contribution in [2.75, 3.05) is 12.8 Å². The van der Waals surface area contributed by atoms with E-state index in [0.29, 0.717) is 18.4 Å². The van der Waals surface area contributed by atoms with E-state index in [1.54, 1.807) is 17.7 Å². The fraction of sp³-hybridized carbons (Fsp3) is 0.316. The van der Waals surface area contributed by atoms with E-state index >= 15 is 0 Å². The molecule has 12 nitrogen and oxygen atoms in total. The average Bonchev–Trinajstić information content (AvgIpc) is 3.40. The van der Waals surface area contributed by atoms with E-state index in [2.05, 4.69) is 24.8 Å². The summed E-state index contributed by atoms with van der Waals surface area (Å²) in [6.45, 7) is 1.92. The highest BCUT2D eigenvalue weighted by Gasteiger charge is 2.53. The van der Waals surface area contributed by atoms with Crippen molar-refractivity contribution in [1.82, 2.24) is 24.6 Å². The van der Waals surface area contributed by atoms with Crippen LogP contribution in [0.5, 0.6) is 0 Å². The SMILES string of the molecule is CON=C(C(=O)N[C@@H]1C(=O)N2C(C(=O)O)=C(C=Cc3ncsc3C)CCC12)c1nsc(N)n1. The van der Waals surface area contributed by atoms with Gasteiger partial charge in [-0.25, -0.2) is 9.78 Å². The molecule has 33 heavy (non-hydrogen) atoms. The molecule has 2 aromatic rings. The smallest absolute Gasteiger partial charge is 0.352 e. The minimum absolute atomic E-state index is 0.0278. The van der Waals surface area contributed by atoms with Gasteiger partial charge in [-0.2, -0.15) is 9.36 Å². The first-order valence-corrected chi connectivity index (χ1v) is 11.4. The maximum absolute atomic E-state index is 12.9. The monoisotopic (exact) mass is 489 g/mol. The Morgan fingerprint density at radius 2 is 2.21 bits per heavy atom. The summed E-state index contributed by atoms with van der Waals surface area (Å²) < 4.78 is 3.94. The van der Waals surface area contributed by atoms with Crippen molar-refractivity contribution in [1.29, 1.82) is 0 Å². The van der Waals surface area contributed by atoms with E-state index in [4.69, 9.17) is 10.6 Å². The predicted octanol–water partition coefficient (Wildman–Crippen LogP) is 0.777. The summed E-state index contributed by atoms with van der Waals surface area (Å²) in [6, 6.07) is -1.40. The molecule has 4 heterocycles. The fourth-order valence-electron chi connectivity index (χ4n) is 3.72. The maximum atomic E-state index is 12.9. The number of amides is 2. The first kappa shape index (κ1) is 22.5. The van der Waals surface area contributed by atoms with Crippen LogP contribution in [0.1, 0.15) is 29.2 Å². The number of anilines is 1. The first-order valence-electron chi connectivity index (χ1n) is 9.71. The van der Waals surface area contributed by atoms with E-state index in [9.17, 15) is 19.5 Å². The van der Waals surface area contributed by atoms with Crippen LogP contribution < -0.4 is 11.1 Å². The van der Waals surface area contributed by atoms with Crippen LogP contribution >= 0.6 is 22.9 Å². The second kappa shape index (κ2) is 9.07. The molecule has 172 valence electrons. The second-order valence-corrected chi connectivity index (χ2v) is 8.99. The normalized spacial score (nSPS) is 20.6. The van der Waals surface area contributed by atoms with Crippen molar-refractivity contribution < 1.29 is 24.3 Å². The van der Waals surface area contributed by atoms with E-state index in [-0.39, 0.29) is 22.4 Å². The van der Waals surface area contributed by atoms with Crippen molar-refractivity contribution in [3.8, 4) is 0 Å². The average molecular weight is 490 g/mol. The molecule has 0 saturated carbocycles. The number of thiazole rings is 1. The van der Waals surface area contributed by atoms with Gasteiger partial charge in [0.05, 0.1) is 17.2 Å².